The molecule has 0 aliphatic carbocycles. The quantitative estimate of drug-likeness (QED) is 0.675. The van der Waals surface area contributed by atoms with Crippen molar-refractivity contribution in [2.75, 3.05) is 26.1 Å². The Balaban J connectivity index is 2.04. The summed E-state index contributed by atoms with van der Waals surface area (Å²) >= 11 is 0. The maximum atomic E-state index is 12.1. The Hall–Kier alpha value is -3.36. The molecule has 0 radical (unpaired) electrons. The number of ether oxygens (including phenoxy) is 3. The number of fused-ring (bicyclic) bond motifs is 1. The average Bonchev–Trinajstić information content (AvgIpc) is 3.07. The van der Waals surface area contributed by atoms with Crippen LogP contribution in [0.3, 0.4) is 0 Å². The molecular formula is C16H16N4O5. The number of benzene rings is 1. The van der Waals surface area contributed by atoms with Crippen molar-refractivity contribution >= 4 is 28.6 Å². The predicted molar refractivity (Wildman–Crippen MR) is 88.4 cm³/mol. The van der Waals surface area contributed by atoms with Crippen LogP contribution < -0.4 is 14.8 Å². The molecule has 0 saturated carbocycles. The van der Waals surface area contributed by atoms with E-state index in [1.54, 1.807) is 39.3 Å². The third kappa shape index (κ3) is 3.30. The van der Waals surface area contributed by atoms with Crippen molar-refractivity contribution in [1.82, 2.24) is 15.1 Å². The van der Waals surface area contributed by atoms with Crippen molar-refractivity contribution in [2.24, 2.45) is 0 Å². The fourth-order valence-electron chi connectivity index (χ4n) is 2.24. The van der Waals surface area contributed by atoms with Crippen LogP contribution >= 0.6 is 0 Å². The van der Waals surface area contributed by atoms with Crippen molar-refractivity contribution < 1.29 is 23.5 Å². The van der Waals surface area contributed by atoms with Crippen LogP contribution in [0.5, 0.6) is 11.5 Å². The van der Waals surface area contributed by atoms with E-state index in [4.69, 9.17) is 18.7 Å². The molecule has 9 heteroatoms. The molecule has 2 heterocycles. The molecule has 1 aromatic carbocycles. The van der Waals surface area contributed by atoms with Gasteiger partial charge in [0.1, 0.15) is 29.0 Å². The molecule has 0 fully saturated rings. The van der Waals surface area contributed by atoms with Crippen molar-refractivity contribution in [3.05, 3.63) is 30.2 Å². The molecule has 0 spiro atoms. The van der Waals surface area contributed by atoms with Crippen LogP contribution in [0.25, 0.3) is 11.1 Å². The summed E-state index contributed by atoms with van der Waals surface area (Å²) in [4.78, 5) is 20.2. The highest BCUT2D eigenvalue weighted by molar-refractivity contribution is 6.05. The van der Waals surface area contributed by atoms with Crippen LogP contribution in [-0.2, 0) is 4.74 Å². The smallest absolute Gasteiger partial charge is 0.361 e. The third-order valence-corrected chi connectivity index (χ3v) is 3.36. The minimum atomic E-state index is -0.609. The van der Waals surface area contributed by atoms with Gasteiger partial charge < -0.3 is 24.1 Å². The van der Waals surface area contributed by atoms with Gasteiger partial charge in [0.25, 0.3) is 5.71 Å². The number of methoxy groups -OCH3 is 2. The second-order valence-electron chi connectivity index (χ2n) is 4.88. The molecular weight excluding hydrogens is 328 g/mol. The summed E-state index contributed by atoms with van der Waals surface area (Å²) in [5.41, 5.74) is 0.831. The lowest BCUT2D eigenvalue weighted by molar-refractivity contribution is 0.0517. The zero-order valence-corrected chi connectivity index (χ0v) is 13.9. The first-order valence-corrected chi connectivity index (χ1v) is 7.43. The van der Waals surface area contributed by atoms with E-state index in [9.17, 15) is 4.79 Å². The molecule has 0 aliphatic rings. The van der Waals surface area contributed by atoms with E-state index in [1.165, 1.54) is 6.33 Å². The number of esters is 1. The van der Waals surface area contributed by atoms with Gasteiger partial charge >= 0.3 is 5.97 Å². The number of hydrogen-bond donors (Lipinski definition) is 1. The number of nitrogens with zero attached hydrogens (tertiary/aromatic N) is 3. The van der Waals surface area contributed by atoms with Gasteiger partial charge in [0.2, 0.25) is 5.69 Å². The highest BCUT2D eigenvalue weighted by atomic mass is 16.5. The molecule has 130 valence electrons. The second-order valence-corrected chi connectivity index (χ2v) is 4.88. The van der Waals surface area contributed by atoms with Crippen LogP contribution in [0.2, 0.25) is 0 Å². The number of rotatable bonds is 6. The number of hydrogen-bond acceptors (Lipinski definition) is 9. The topological polar surface area (TPSA) is 109 Å². The zero-order chi connectivity index (χ0) is 17.8. The van der Waals surface area contributed by atoms with Gasteiger partial charge in [-0.2, -0.15) is 4.98 Å². The van der Waals surface area contributed by atoms with Gasteiger partial charge in [-0.1, -0.05) is 5.16 Å². The first kappa shape index (κ1) is 16.5. The van der Waals surface area contributed by atoms with Crippen LogP contribution in [0.15, 0.2) is 29.0 Å². The largest absolute Gasteiger partial charge is 0.497 e. The lowest BCUT2D eigenvalue weighted by Gasteiger charge is -2.10. The van der Waals surface area contributed by atoms with Crippen molar-refractivity contribution in [3.63, 3.8) is 0 Å². The van der Waals surface area contributed by atoms with Crippen LogP contribution in [0.4, 0.5) is 11.5 Å². The SMILES string of the molecule is CCOC(=O)c1noc2ncnc(Nc3cc(OC)cc(OC)c3)c12. The molecule has 3 aromatic rings. The van der Waals surface area contributed by atoms with Gasteiger partial charge in [0.05, 0.1) is 20.8 Å². The van der Waals surface area contributed by atoms with Gasteiger partial charge in [-0.3, -0.25) is 0 Å². The summed E-state index contributed by atoms with van der Waals surface area (Å²) in [6.45, 7) is 1.93. The van der Waals surface area contributed by atoms with E-state index in [0.29, 0.717) is 28.4 Å². The number of nitrogens with one attached hydrogen (secondary N) is 1. The molecule has 0 amide bonds. The summed E-state index contributed by atoms with van der Waals surface area (Å²) in [7, 11) is 3.11. The van der Waals surface area contributed by atoms with Crippen molar-refractivity contribution in [2.45, 2.75) is 6.92 Å². The maximum Gasteiger partial charge on any atom is 0.361 e. The molecule has 25 heavy (non-hydrogen) atoms. The van der Waals surface area contributed by atoms with E-state index in [2.05, 4.69) is 20.4 Å². The fourth-order valence-corrected chi connectivity index (χ4v) is 2.24. The Morgan fingerprint density at radius 1 is 1.16 bits per heavy atom. The van der Waals surface area contributed by atoms with Crippen molar-refractivity contribution in [1.29, 1.82) is 0 Å². The van der Waals surface area contributed by atoms with Gasteiger partial charge in [-0.15, -0.1) is 0 Å². The summed E-state index contributed by atoms with van der Waals surface area (Å²) in [5.74, 6) is 0.943. The molecule has 9 nitrogen and oxygen atoms in total. The fraction of sp³-hybridized carbons (Fsp3) is 0.250. The Labute approximate surface area is 142 Å². The van der Waals surface area contributed by atoms with Crippen LogP contribution in [-0.4, -0.2) is 41.9 Å². The molecule has 3 rings (SSSR count). The summed E-state index contributed by atoms with van der Waals surface area (Å²) < 4.78 is 20.6. The first-order valence-electron chi connectivity index (χ1n) is 7.43. The Morgan fingerprint density at radius 2 is 1.88 bits per heavy atom. The number of carbonyl (C=O) groups excluding carboxylic acids is 1. The molecule has 0 aliphatic heterocycles. The summed E-state index contributed by atoms with van der Waals surface area (Å²) in [6.07, 6.45) is 1.31. The Kier molecular flexibility index (Phi) is 4.64. The average molecular weight is 344 g/mol. The van der Waals surface area contributed by atoms with Gasteiger partial charge in [-0.25, -0.2) is 9.78 Å². The van der Waals surface area contributed by atoms with E-state index < -0.39 is 5.97 Å². The Bertz CT molecular complexity index is 886. The maximum absolute atomic E-state index is 12.1. The summed E-state index contributed by atoms with van der Waals surface area (Å²) in [6, 6.07) is 5.26. The standard InChI is InChI=1S/C16H16N4O5/c1-4-24-16(21)13-12-14(17-8-18-15(12)25-20-13)19-9-5-10(22-2)7-11(6-9)23-3/h5-8H,4H2,1-3H3,(H,17,18,19). The van der Waals surface area contributed by atoms with E-state index in [-0.39, 0.29) is 18.0 Å². The lowest BCUT2D eigenvalue weighted by atomic mass is 10.2. The molecule has 1 N–H and O–H groups in total. The molecule has 0 unspecified atom stereocenters. The minimum absolute atomic E-state index is 0.00908. The monoisotopic (exact) mass is 344 g/mol. The van der Waals surface area contributed by atoms with Gasteiger partial charge in [0.15, 0.2) is 0 Å². The normalized spacial score (nSPS) is 10.5. The van der Waals surface area contributed by atoms with E-state index in [1.807, 2.05) is 0 Å². The highest BCUT2D eigenvalue weighted by Crippen LogP contribution is 2.31. The minimum Gasteiger partial charge on any atom is -0.497 e. The van der Waals surface area contributed by atoms with E-state index in [0.717, 1.165) is 0 Å². The van der Waals surface area contributed by atoms with Gasteiger partial charge in [-0.05, 0) is 6.92 Å². The zero-order valence-electron chi connectivity index (χ0n) is 13.9. The number of aromatic nitrogens is 3. The predicted octanol–water partition coefficient (Wildman–Crippen LogP) is 2.56. The Morgan fingerprint density at radius 3 is 2.52 bits per heavy atom. The molecule has 0 saturated heterocycles. The second kappa shape index (κ2) is 7.04. The number of anilines is 2. The molecule has 0 atom stereocenters. The molecule has 2 aromatic heterocycles. The van der Waals surface area contributed by atoms with Gasteiger partial charge in [0, 0.05) is 23.9 Å². The first-order chi connectivity index (χ1) is 12.2. The highest BCUT2D eigenvalue weighted by Gasteiger charge is 2.22. The van der Waals surface area contributed by atoms with Crippen LogP contribution in [0.1, 0.15) is 17.4 Å². The summed E-state index contributed by atoms with van der Waals surface area (Å²) in [5, 5.41) is 7.18. The van der Waals surface area contributed by atoms with E-state index >= 15 is 0 Å². The molecule has 0 bridgehead atoms. The third-order valence-electron chi connectivity index (χ3n) is 3.36. The number of carbonyl (C=O) groups is 1. The van der Waals surface area contributed by atoms with Crippen molar-refractivity contribution in [3.8, 4) is 11.5 Å². The van der Waals surface area contributed by atoms with Crippen LogP contribution in [0, 0.1) is 0 Å². The lowest BCUT2D eigenvalue weighted by Crippen LogP contribution is -2.06.